The smallest absolute Gasteiger partial charge is 0.257 e. The molecule has 0 radical (unpaired) electrons. The predicted octanol–water partition coefficient (Wildman–Crippen LogP) is 7.15. The molecule has 1 amide bonds. The highest BCUT2D eigenvalue weighted by molar-refractivity contribution is 5.95. The number of pyridine rings is 1. The first kappa shape index (κ1) is 30.3. The van der Waals surface area contributed by atoms with Gasteiger partial charge in [0.2, 0.25) is 0 Å². The van der Waals surface area contributed by atoms with Crippen molar-refractivity contribution < 1.29 is 9.21 Å². The van der Waals surface area contributed by atoms with Gasteiger partial charge in [-0.2, -0.15) is 0 Å². The lowest BCUT2D eigenvalue weighted by molar-refractivity contribution is 0.0671. The van der Waals surface area contributed by atoms with E-state index in [1.54, 1.807) is 12.3 Å². The molecule has 2 fully saturated rings. The molecule has 4 heterocycles. The number of likely N-dealkylation sites (tertiary alicyclic amines) is 1. The monoisotopic (exact) mass is 555 g/mol. The van der Waals surface area contributed by atoms with Gasteiger partial charge >= 0.3 is 0 Å². The maximum absolute atomic E-state index is 13.3. The molecule has 0 saturated carbocycles. The van der Waals surface area contributed by atoms with E-state index in [-0.39, 0.29) is 11.9 Å². The van der Waals surface area contributed by atoms with Crippen LogP contribution in [0.2, 0.25) is 0 Å². The summed E-state index contributed by atoms with van der Waals surface area (Å²) in [5.41, 5.74) is 6.97. The summed E-state index contributed by atoms with van der Waals surface area (Å²) in [6.07, 6.45) is 3.95. The van der Waals surface area contributed by atoms with Crippen molar-refractivity contribution in [2.45, 2.75) is 78.3 Å². The van der Waals surface area contributed by atoms with E-state index >= 15 is 0 Å². The fourth-order valence-electron chi connectivity index (χ4n) is 6.27. The Bertz CT molecular complexity index is 1360. The molecule has 3 aromatic rings. The Morgan fingerprint density at radius 3 is 2.29 bits per heavy atom. The lowest BCUT2D eigenvalue weighted by Gasteiger charge is -2.42. The number of nitrogens with zero attached hydrogens (tertiary/aromatic N) is 5. The van der Waals surface area contributed by atoms with Crippen LogP contribution in [0, 0.1) is 18.8 Å². The van der Waals surface area contributed by atoms with E-state index in [0.29, 0.717) is 35.7 Å². The Labute approximate surface area is 245 Å². The molecule has 0 bridgehead atoms. The molecular formula is C34H45N5O2. The largest absolute Gasteiger partial charge is 0.469 e. The second-order valence-corrected chi connectivity index (χ2v) is 12.1. The van der Waals surface area contributed by atoms with E-state index in [1.165, 1.54) is 28.7 Å². The van der Waals surface area contributed by atoms with Gasteiger partial charge in [-0.3, -0.25) is 9.69 Å². The van der Waals surface area contributed by atoms with Crippen LogP contribution in [0.3, 0.4) is 0 Å². The van der Waals surface area contributed by atoms with Crippen LogP contribution >= 0.6 is 0 Å². The molecular weight excluding hydrogens is 510 g/mol. The molecule has 2 aromatic heterocycles. The second kappa shape index (κ2) is 12.9. The van der Waals surface area contributed by atoms with Crippen molar-refractivity contribution in [3.05, 3.63) is 70.8 Å². The van der Waals surface area contributed by atoms with Crippen molar-refractivity contribution in [2.24, 2.45) is 0 Å². The molecule has 2 aliphatic heterocycles. The van der Waals surface area contributed by atoms with E-state index in [2.05, 4.69) is 88.4 Å². The summed E-state index contributed by atoms with van der Waals surface area (Å²) in [6, 6.07) is 13.7. The number of hydrogen-bond acceptors (Lipinski definition) is 6. The predicted molar refractivity (Wildman–Crippen MR) is 165 cm³/mol. The fourth-order valence-corrected chi connectivity index (χ4v) is 6.27. The second-order valence-electron chi connectivity index (χ2n) is 12.1. The van der Waals surface area contributed by atoms with Crippen LogP contribution in [-0.2, 0) is 0 Å². The van der Waals surface area contributed by atoms with Crippen molar-refractivity contribution in [3.8, 4) is 17.7 Å². The van der Waals surface area contributed by atoms with Crippen molar-refractivity contribution in [1.29, 1.82) is 5.26 Å². The molecule has 1 unspecified atom stereocenters. The third-order valence-electron chi connectivity index (χ3n) is 8.65. The van der Waals surface area contributed by atoms with E-state index in [9.17, 15) is 4.79 Å². The van der Waals surface area contributed by atoms with Crippen LogP contribution in [0.1, 0.15) is 98.3 Å². The molecule has 1 aromatic carbocycles. The standard InChI is InChI=1S/C33H44N4O2.CHN/c1-21(2)25-10-12-26(13-11-25)28-19-29(30-9-8-15-35(30)7)32(34-31(28)22(3)4)36-16-17-37(23(5)20-36)33(38)27-14-18-39-24(27)6;1-2/h10-14,18-19,21-23,30H,8-9,15-17,20H2,1-7H3;1H/t23?,30-;/m1./s1. The van der Waals surface area contributed by atoms with Gasteiger partial charge in [-0.15, -0.1) is 0 Å². The normalized spacial score (nSPS) is 19.5. The van der Waals surface area contributed by atoms with Crippen molar-refractivity contribution in [1.82, 2.24) is 14.8 Å². The van der Waals surface area contributed by atoms with Gasteiger partial charge in [-0.1, -0.05) is 52.0 Å². The number of amides is 1. The Morgan fingerprint density at radius 1 is 1.05 bits per heavy atom. The van der Waals surface area contributed by atoms with Gasteiger partial charge in [-0.25, -0.2) is 10.2 Å². The molecule has 5 rings (SSSR count). The SMILES string of the molecule is C#N.Cc1occc1C(=O)N1CCN(c2nc(C(C)C)c(-c3ccc(C(C)C)cc3)cc2[C@H]2CCCN2C)CC1C. The summed E-state index contributed by atoms with van der Waals surface area (Å²) in [7, 11) is 2.24. The fraction of sp³-hybridized carbons (Fsp3) is 0.500. The number of anilines is 1. The number of aromatic nitrogens is 1. The van der Waals surface area contributed by atoms with E-state index in [0.717, 1.165) is 37.6 Å². The molecule has 7 heteroatoms. The number of furan rings is 1. The van der Waals surface area contributed by atoms with Gasteiger partial charge in [-0.05, 0) is 75.4 Å². The van der Waals surface area contributed by atoms with Crippen molar-refractivity contribution >= 4 is 11.7 Å². The summed E-state index contributed by atoms with van der Waals surface area (Å²) in [6.45, 7) is 19.8. The van der Waals surface area contributed by atoms with Crippen LogP contribution in [0.5, 0.6) is 0 Å². The van der Waals surface area contributed by atoms with Crippen LogP contribution < -0.4 is 4.90 Å². The summed E-state index contributed by atoms with van der Waals surface area (Å²) in [5, 5.41) is 6.50. The molecule has 2 aliphatic rings. The highest BCUT2D eigenvalue weighted by atomic mass is 16.3. The zero-order valence-corrected chi connectivity index (χ0v) is 25.7. The topological polar surface area (TPSA) is 76.6 Å². The van der Waals surface area contributed by atoms with Crippen LogP contribution in [0.4, 0.5) is 5.82 Å². The summed E-state index contributed by atoms with van der Waals surface area (Å²) in [4.78, 5) is 25.6. The number of carbonyl (C=O) groups is 1. The molecule has 7 nitrogen and oxygen atoms in total. The summed E-state index contributed by atoms with van der Waals surface area (Å²) >= 11 is 0. The average Bonchev–Trinajstić information content (AvgIpc) is 3.60. The third kappa shape index (κ3) is 6.18. The molecule has 218 valence electrons. The molecule has 41 heavy (non-hydrogen) atoms. The van der Waals surface area contributed by atoms with Crippen LogP contribution in [0.25, 0.3) is 11.1 Å². The third-order valence-corrected chi connectivity index (χ3v) is 8.65. The highest BCUT2D eigenvalue weighted by Gasteiger charge is 2.34. The Morgan fingerprint density at radius 2 is 1.76 bits per heavy atom. The molecule has 2 atom stereocenters. The maximum atomic E-state index is 13.3. The lowest BCUT2D eigenvalue weighted by Crippen LogP contribution is -2.54. The first-order chi connectivity index (χ1) is 19.7. The lowest BCUT2D eigenvalue weighted by atomic mass is 9.91. The van der Waals surface area contributed by atoms with E-state index in [4.69, 9.17) is 14.7 Å². The van der Waals surface area contributed by atoms with Gasteiger partial charge < -0.3 is 14.2 Å². The minimum atomic E-state index is 0.0557. The summed E-state index contributed by atoms with van der Waals surface area (Å²) in [5.74, 6) is 2.64. The Kier molecular flexibility index (Phi) is 9.55. The minimum absolute atomic E-state index is 0.0557. The van der Waals surface area contributed by atoms with Crippen LogP contribution in [0.15, 0.2) is 47.1 Å². The highest BCUT2D eigenvalue weighted by Crippen LogP contribution is 2.41. The van der Waals surface area contributed by atoms with Gasteiger partial charge in [0.1, 0.15) is 11.6 Å². The Balaban J connectivity index is 0.00000189. The van der Waals surface area contributed by atoms with E-state index in [1.807, 2.05) is 11.8 Å². The number of piperazine rings is 1. The van der Waals surface area contributed by atoms with Gasteiger partial charge in [0.25, 0.3) is 5.91 Å². The first-order valence-electron chi connectivity index (χ1n) is 14.9. The van der Waals surface area contributed by atoms with Crippen molar-refractivity contribution in [2.75, 3.05) is 38.1 Å². The molecule has 0 N–H and O–H groups in total. The van der Waals surface area contributed by atoms with Crippen LogP contribution in [-0.4, -0.2) is 60.0 Å². The zero-order valence-electron chi connectivity index (χ0n) is 25.7. The van der Waals surface area contributed by atoms with Crippen molar-refractivity contribution in [3.63, 3.8) is 0 Å². The molecule has 2 saturated heterocycles. The van der Waals surface area contributed by atoms with Gasteiger partial charge in [0, 0.05) is 49.4 Å². The average molecular weight is 556 g/mol. The summed E-state index contributed by atoms with van der Waals surface area (Å²) < 4.78 is 5.41. The number of hydrogen-bond donors (Lipinski definition) is 0. The van der Waals surface area contributed by atoms with E-state index < -0.39 is 0 Å². The maximum Gasteiger partial charge on any atom is 0.257 e. The quantitative estimate of drug-likeness (QED) is 0.321. The van der Waals surface area contributed by atoms with Gasteiger partial charge in [0.05, 0.1) is 17.5 Å². The molecule has 0 aliphatic carbocycles. The number of benzene rings is 1. The number of nitriles is 1. The molecule has 0 spiro atoms. The number of rotatable bonds is 6. The minimum Gasteiger partial charge on any atom is -0.469 e. The first-order valence-corrected chi connectivity index (χ1v) is 14.9. The number of aryl methyl sites for hydroxylation is 1. The number of carbonyl (C=O) groups excluding carboxylic acids is 1. The Hall–Kier alpha value is -3.63. The zero-order chi connectivity index (χ0) is 29.8. The van der Waals surface area contributed by atoms with Gasteiger partial charge in [0.15, 0.2) is 0 Å².